The molecule has 2 aliphatic rings. The number of hydrogen-bond acceptors (Lipinski definition) is 6. The van der Waals surface area contributed by atoms with Gasteiger partial charge in [0.2, 0.25) is 0 Å². The molecule has 2 fully saturated rings. The fourth-order valence-electron chi connectivity index (χ4n) is 3.32. The summed E-state index contributed by atoms with van der Waals surface area (Å²) < 4.78 is 15.4. The number of ether oxygens (including phenoxy) is 2. The number of Topliss-reactive ketones (excluding diaryl/α,β-unsaturated/α-hetero) is 1. The Kier molecular flexibility index (Phi) is 4.66. The summed E-state index contributed by atoms with van der Waals surface area (Å²) in [6.45, 7) is 4.25. The van der Waals surface area contributed by atoms with E-state index < -0.39 is 0 Å². The summed E-state index contributed by atoms with van der Waals surface area (Å²) in [5.74, 6) is 0.275. The van der Waals surface area contributed by atoms with Crippen molar-refractivity contribution in [1.82, 2.24) is 9.59 Å². The second-order valence-corrected chi connectivity index (χ2v) is 6.75. The van der Waals surface area contributed by atoms with Crippen LogP contribution in [0.5, 0.6) is 0 Å². The Morgan fingerprint density at radius 3 is 2.95 bits per heavy atom. The lowest BCUT2D eigenvalue weighted by molar-refractivity contribution is -0.142. The minimum atomic E-state index is -0.139. The van der Waals surface area contributed by atoms with E-state index in [4.69, 9.17) is 9.47 Å². The van der Waals surface area contributed by atoms with Crippen LogP contribution in [-0.4, -0.2) is 40.8 Å². The van der Waals surface area contributed by atoms with Crippen LogP contribution in [-0.2, 0) is 15.9 Å². The van der Waals surface area contributed by atoms with Crippen molar-refractivity contribution < 1.29 is 14.3 Å². The number of aromatic nitrogens is 2. The van der Waals surface area contributed by atoms with Gasteiger partial charge in [-0.25, -0.2) is 0 Å². The van der Waals surface area contributed by atoms with Gasteiger partial charge in [0.25, 0.3) is 0 Å². The SMILES string of the molecule is CCCc1nnsc1C(=O)C1CCOC2(CCOCC2)C1. The zero-order chi connectivity index (χ0) is 14.7. The minimum absolute atomic E-state index is 0.0507. The largest absolute Gasteiger partial charge is 0.381 e. The van der Waals surface area contributed by atoms with Crippen LogP contribution in [0.25, 0.3) is 0 Å². The smallest absolute Gasteiger partial charge is 0.179 e. The molecule has 0 aliphatic carbocycles. The van der Waals surface area contributed by atoms with Crippen LogP contribution >= 0.6 is 11.5 Å². The first kappa shape index (κ1) is 15.1. The van der Waals surface area contributed by atoms with Crippen molar-refractivity contribution in [2.45, 2.75) is 51.0 Å². The number of carbonyl (C=O) groups excluding carboxylic acids is 1. The normalized spacial score (nSPS) is 25.1. The molecule has 3 heterocycles. The molecule has 6 heteroatoms. The summed E-state index contributed by atoms with van der Waals surface area (Å²) in [6.07, 6.45) is 5.25. The van der Waals surface area contributed by atoms with Crippen LogP contribution in [0.15, 0.2) is 0 Å². The predicted octanol–water partition coefficient (Wildman–Crippen LogP) is 2.65. The number of aryl methyl sites for hydroxylation is 1. The first-order chi connectivity index (χ1) is 10.2. The Morgan fingerprint density at radius 1 is 1.38 bits per heavy atom. The molecule has 0 bridgehead atoms. The van der Waals surface area contributed by atoms with Gasteiger partial charge in [0.1, 0.15) is 4.88 Å². The Bertz CT molecular complexity index is 491. The first-order valence-electron chi connectivity index (χ1n) is 7.81. The molecule has 3 rings (SSSR count). The van der Waals surface area contributed by atoms with E-state index in [2.05, 4.69) is 16.5 Å². The van der Waals surface area contributed by atoms with Gasteiger partial charge in [-0.3, -0.25) is 4.79 Å². The fourth-order valence-corrected chi connectivity index (χ4v) is 4.05. The number of ketones is 1. The van der Waals surface area contributed by atoms with Gasteiger partial charge in [0, 0.05) is 25.7 Å². The third kappa shape index (κ3) is 3.17. The fraction of sp³-hybridized carbons (Fsp3) is 0.800. The quantitative estimate of drug-likeness (QED) is 0.800. The molecule has 0 N–H and O–H groups in total. The molecule has 0 radical (unpaired) electrons. The standard InChI is InChI=1S/C15H22N2O3S/c1-2-3-12-14(21-17-16-12)13(18)11-4-7-20-15(10-11)5-8-19-9-6-15/h11H,2-10H2,1H3. The lowest BCUT2D eigenvalue weighted by Crippen LogP contribution is -2.45. The number of hydrogen-bond donors (Lipinski definition) is 0. The molecule has 0 saturated carbocycles. The molecule has 2 aliphatic heterocycles. The van der Waals surface area contributed by atoms with Gasteiger partial charge in [0.05, 0.1) is 11.3 Å². The average molecular weight is 310 g/mol. The van der Waals surface area contributed by atoms with Crippen LogP contribution < -0.4 is 0 Å². The third-order valence-electron chi connectivity index (χ3n) is 4.53. The van der Waals surface area contributed by atoms with E-state index >= 15 is 0 Å². The lowest BCUT2D eigenvalue weighted by atomic mass is 9.78. The van der Waals surface area contributed by atoms with Crippen LogP contribution in [0.3, 0.4) is 0 Å². The highest BCUT2D eigenvalue weighted by molar-refractivity contribution is 7.08. The minimum Gasteiger partial charge on any atom is -0.381 e. The number of rotatable bonds is 4. The lowest BCUT2D eigenvalue weighted by Gasteiger charge is -2.42. The highest BCUT2D eigenvalue weighted by Crippen LogP contribution is 2.38. The van der Waals surface area contributed by atoms with E-state index in [0.29, 0.717) is 6.61 Å². The monoisotopic (exact) mass is 310 g/mol. The Labute approximate surface area is 129 Å². The molecule has 1 aromatic rings. The van der Waals surface area contributed by atoms with Gasteiger partial charge >= 0.3 is 0 Å². The van der Waals surface area contributed by atoms with Crippen molar-refractivity contribution in [2.24, 2.45) is 5.92 Å². The van der Waals surface area contributed by atoms with Crippen molar-refractivity contribution in [2.75, 3.05) is 19.8 Å². The maximum Gasteiger partial charge on any atom is 0.179 e. The summed E-state index contributed by atoms with van der Waals surface area (Å²) in [6, 6.07) is 0. The Balaban J connectivity index is 1.73. The maximum absolute atomic E-state index is 12.8. The molecule has 21 heavy (non-hydrogen) atoms. The summed E-state index contributed by atoms with van der Waals surface area (Å²) in [4.78, 5) is 13.6. The molecular formula is C15H22N2O3S. The molecule has 1 spiro atoms. The van der Waals surface area contributed by atoms with Crippen molar-refractivity contribution in [1.29, 1.82) is 0 Å². The van der Waals surface area contributed by atoms with E-state index in [1.807, 2.05) is 0 Å². The van der Waals surface area contributed by atoms with Crippen molar-refractivity contribution in [3.8, 4) is 0 Å². The van der Waals surface area contributed by atoms with Crippen molar-refractivity contribution in [3.05, 3.63) is 10.6 Å². The summed E-state index contributed by atoms with van der Waals surface area (Å²) >= 11 is 1.25. The zero-order valence-electron chi connectivity index (χ0n) is 12.5. The summed E-state index contributed by atoms with van der Waals surface area (Å²) in [7, 11) is 0. The molecule has 1 unspecified atom stereocenters. The third-order valence-corrected chi connectivity index (χ3v) is 5.32. The van der Waals surface area contributed by atoms with E-state index in [9.17, 15) is 4.79 Å². The average Bonchev–Trinajstić information content (AvgIpc) is 2.96. The first-order valence-corrected chi connectivity index (χ1v) is 8.58. The van der Waals surface area contributed by atoms with E-state index in [1.54, 1.807) is 0 Å². The van der Waals surface area contributed by atoms with Crippen LogP contribution in [0.4, 0.5) is 0 Å². The van der Waals surface area contributed by atoms with Gasteiger partial charge in [-0.2, -0.15) is 0 Å². The Hall–Kier alpha value is -0.850. The summed E-state index contributed by atoms with van der Waals surface area (Å²) in [5, 5.41) is 4.12. The molecule has 5 nitrogen and oxygen atoms in total. The highest BCUT2D eigenvalue weighted by Gasteiger charge is 2.42. The van der Waals surface area contributed by atoms with Gasteiger partial charge in [0.15, 0.2) is 5.78 Å². The van der Waals surface area contributed by atoms with Gasteiger partial charge in [-0.1, -0.05) is 17.8 Å². The van der Waals surface area contributed by atoms with Crippen LogP contribution in [0.1, 0.15) is 54.4 Å². The highest BCUT2D eigenvalue weighted by atomic mass is 32.1. The van der Waals surface area contributed by atoms with E-state index in [-0.39, 0.29) is 17.3 Å². The topological polar surface area (TPSA) is 61.3 Å². The number of carbonyl (C=O) groups is 1. The molecule has 116 valence electrons. The molecular weight excluding hydrogens is 288 g/mol. The number of nitrogens with zero attached hydrogens (tertiary/aromatic N) is 2. The Morgan fingerprint density at radius 2 is 2.19 bits per heavy atom. The van der Waals surface area contributed by atoms with Gasteiger partial charge in [-0.05, 0) is 43.6 Å². The zero-order valence-corrected chi connectivity index (χ0v) is 13.3. The van der Waals surface area contributed by atoms with E-state index in [1.165, 1.54) is 11.5 Å². The molecule has 2 saturated heterocycles. The predicted molar refractivity (Wildman–Crippen MR) is 79.7 cm³/mol. The molecule has 0 aromatic carbocycles. The second kappa shape index (κ2) is 6.50. The van der Waals surface area contributed by atoms with Gasteiger partial charge < -0.3 is 9.47 Å². The van der Waals surface area contributed by atoms with Crippen LogP contribution in [0, 0.1) is 5.92 Å². The van der Waals surface area contributed by atoms with Crippen LogP contribution in [0.2, 0.25) is 0 Å². The van der Waals surface area contributed by atoms with Gasteiger partial charge in [-0.15, -0.1) is 5.10 Å². The van der Waals surface area contributed by atoms with E-state index in [0.717, 1.165) is 62.3 Å². The second-order valence-electron chi connectivity index (χ2n) is 6.00. The molecule has 0 amide bonds. The van der Waals surface area contributed by atoms with Crippen molar-refractivity contribution >= 4 is 17.3 Å². The maximum atomic E-state index is 12.8. The molecule has 1 aromatic heterocycles. The van der Waals surface area contributed by atoms with Crippen molar-refractivity contribution in [3.63, 3.8) is 0 Å². The molecule has 1 atom stereocenters. The summed E-state index contributed by atoms with van der Waals surface area (Å²) in [5.41, 5.74) is 0.736.